The lowest BCUT2D eigenvalue weighted by molar-refractivity contribution is 0.420. The summed E-state index contributed by atoms with van der Waals surface area (Å²) in [5, 5.41) is 17.0. The highest BCUT2D eigenvalue weighted by Gasteiger charge is 2.22. The fraction of sp³-hybridized carbons (Fsp3) is 0.300. The second-order valence-corrected chi connectivity index (χ2v) is 3.66. The molecule has 0 aliphatic heterocycles. The number of para-hydroxylation sites is 1. The van der Waals surface area contributed by atoms with Crippen LogP contribution in [0.5, 0.6) is 0 Å². The molecule has 70 valence electrons. The van der Waals surface area contributed by atoms with Gasteiger partial charge in [-0.15, -0.1) is 5.10 Å². The summed E-state index contributed by atoms with van der Waals surface area (Å²) < 4.78 is 1.64. The summed E-state index contributed by atoms with van der Waals surface area (Å²) >= 11 is 0. The Balaban J connectivity index is 2.72. The van der Waals surface area contributed by atoms with Crippen LogP contribution in [0.3, 0.4) is 0 Å². The largest absolute Gasteiger partial charge is 0.225 e. The van der Waals surface area contributed by atoms with Gasteiger partial charge >= 0.3 is 0 Å². The highest BCUT2D eigenvalue weighted by molar-refractivity contribution is 5.74. The summed E-state index contributed by atoms with van der Waals surface area (Å²) in [5.74, 6) is 0. The van der Waals surface area contributed by atoms with E-state index in [-0.39, 0.29) is 0 Å². The second kappa shape index (κ2) is 2.81. The van der Waals surface area contributed by atoms with Crippen molar-refractivity contribution >= 4 is 11.0 Å². The van der Waals surface area contributed by atoms with Gasteiger partial charge in [-0.25, -0.2) is 4.68 Å². The van der Waals surface area contributed by atoms with Gasteiger partial charge in [-0.2, -0.15) is 5.26 Å². The topological polar surface area (TPSA) is 54.5 Å². The van der Waals surface area contributed by atoms with Crippen molar-refractivity contribution < 1.29 is 0 Å². The zero-order valence-corrected chi connectivity index (χ0v) is 8.10. The van der Waals surface area contributed by atoms with Crippen molar-refractivity contribution in [1.82, 2.24) is 15.0 Å². The molecule has 4 heteroatoms. The van der Waals surface area contributed by atoms with E-state index in [1.165, 1.54) is 0 Å². The number of rotatable bonds is 1. The van der Waals surface area contributed by atoms with E-state index in [1.807, 2.05) is 38.1 Å². The van der Waals surface area contributed by atoms with Crippen molar-refractivity contribution in [3.8, 4) is 6.07 Å². The van der Waals surface area contributed by atoms with E-state index in [4.69, 9.17) is 5.26 Å². The number of fused-ring (bicyclic) bond motifs is 1. The summed E-state index contributed by atoms with van der Waals surface area (Å²) in [6.45, 7) is 3.63. The molecule has 2 aromatic rings. The third kappa shape index (κ3) is 1.14. The quantitative estimate of drug-likeness (QED) is 0.681. The summed E-state index contributed by atoms with van der Waals surface area (Å²) in [7, 11) is 0. The van der Waals surface area contributed by atoms with Crippen LogP contribution < -0.4 is 0 Å². The number of hydrogen-bond acceptors (Lipinski definition) is 3. The molecule has 1 aromatic heterocycles. The van der Waals surface area contributed by atoms with Gasteiger partial charge in [0, 0.05) is 0 Å². The van der Waals surface area contributed by atoms with Crippen molar-refractivity contribution in [2.24, 2.45) is 0 Å². The smallest absolute Gasteiger partial charge is 0.145 e. The predicted octanol–water partition coefficient (Wildman–Crippen LogP) is 1.69. The van der Waals surface area contributed by atoms with Crippen molar-refractivity contribution in [2.75, 3.05) is 0 Å². The molecule has 0 fully saturated rings. The highest BCUT2D eigenvalue weighted by atomic mass is 15.4. The molecular formula is C10H10N4. The minimum Gasteiger partial charge on any atom is -0.225 e. The molecule has 0 saturated carbocycles. The normalized spacial score (nSPS) is 11.5. The summed E-state index contributed by atoms with van der Waals surface area (Å²) in [4.78, 5) is 0. The Kier molecular flexibility index (Phi) is 1.74. The van der Waals surface area contributed by atoms with Gasteiger partial charge in [0.05, 0.1) is 11.6 Å². The van der Waals surface area contributed by atoms with Gasteiger partial charge in [-0.05, 0) is 26.0 Å². The monoisotopic (exact) mass is 186 g/mol. The fourth-order valence-electron chi connectivity index (χ4n) is 1.33. The van der Waals surface area contributed by atoms with Crippen LogP contribution in [0, 0.1) is 11.3 Å². The molecule has 0 radical (unpaired) electrons. The Labute approximate surface area is 81.8 Å². The maximum absolute atomic E-state index is 8.99. The fourth-order valence-corrected chi connectivity index (χ4v) is 1.33. The lowest BCUT2D eigenvalue weighted by Crippen LogP contribution is -2.25. The SMILES string of the molecule is CC(C)(C#N)n1nnc2ccccc21. The Morgan fingerprint density at radius 1 is 1.36 bits per heavy atom. The average Bonchev–Trinajstić information content (AvgIpc) is 2.61. The molecule has 4 nitrogen and oxygen atoms in total. The number of aromatic nitrogens is 3. The molecule has 1 aromatic carbocycles. The second-order valence-electron chi connectivity index (χ2n) is 3.66. The van der Waals surface area contributed by atoms with Gasteiger partial charge in [0.25, 0.3) is 0 Å². The molecular weight excluding hydrogens is 176 g/mol. The first kappa shape index (κ1) is 8.70. The van der Waals surface area contributed by atoms with Crippen LogP contribution in [-0.4, -0.2) is 15.0 Å². The van der Waals surface area contributed by atoms with Gasteiger partial charge in [-0.3, -0.25) is 0 Å². The van der Waals surface area contributed by atoms with Crippen LogP contribution in [0.15, 0.2) is 24.3 Å². The van der Waals surface area contributed by atoms with Crippen molar-refractivity contribution in [3.63, 3.8) is 0 Å². The van der Waals surface area contributed by atoms with Gasteiger partial charge in [0.2, 0.25) is 0 Å². The predicted molar refractivity (Wildman–Crippen MR) is 52.5 cm³/mol. The minimum atomic E-state index is -0.657. The first-order chi connectivity index (χ1) is 6.65. The Bertz CT molecular complexity index is 504. The molecule has 0 spiro atoms. The third-order valence-corrected chi connectivity index (χ3v) is 2.15. The van der Waals surface area contributed by atoms with Crippen molar-refractivity contribution in [3.05, 3.63) is 24.3 Å². The van der Waals surface area contributed by atoms with Crippen LogP contribution >= 0.6 is 0 Å². The molecule has 14 heavy (non-hydrogen) atoms. The molecule has 0 amide bonds. The van der Waals surface area contributed by atoms with E-state index < -0.39 is 5.54 Å². The number of hydrogen-bond donors (Lipinski definition) is 0. The van der Waals surface area contributed by atoms with Crippen molar-refractivity contribution in [1.29, 1.82) is 5.26 Å². The van der Waals surface area contributed by atoms with Gasteiger partial charge in [0.1, 0.15) is 11.1 Å². The summed E-state index contributed by atoms with van der Waals surface area (Å²) in [5.41, 5.74) is 1.05. The molecule has 0 N–H and O–H groups in total. The molecule has 0 atom stereocenters. The Morgan fingerprint density at radius 3 is 2.79 bits per heavy atom. The average molecular weight is 186 g/mol. The van der Waals surface area contributed by atoms with Crippen LogP contribution in [0.25, 0.3) is 11.0 Å². The van der Waals surface area contributed by atoms with Crippen LogP contribution in [0.4, 0.5) is 0 Å². The maximum Gasteiger partial charge on any atom is 0.145 e. The highest BCUT2D eigenvalue weighted by Crippen LogP contribution is 2.19. The van der Waals surface area contributed by atoms with E-state index in [9.17, 15) is 0 Å². The van der Waals surface area contributed by atoms with Crippen LogP contribution in [0.1, 0.15) is 13.8 Å². The lowest BCUT2D eigenvalue weighted by atomic mass is 10.1. The maximum atomic E-state index is 8.99. The van der Waals surface area contributed by atoms with Gasteiger partial charge in [0.15, 0.2) is 0 Å². The van der Waals surface area contributed by atoms with E-state index in [2.05, 4.69) is 16.4 Å². The first-order valence-corrected chi connectivity index (χ1v) is 4.37. The van der Waals surface area contributed by atoms with Crippen LogP contribution in [0.2, 0.25) is 0 Å². The molecule has 0 aliphatic rings. The Morgan fingerprint density at radius 2 is 2.07 bits per heavy atom. The number of nitriles is 1. The Hall–Kier alpha value is -1.89. The van der Waals surface area contributed by atoms with Crippen LogP contribution in [-0.2, 0) is 5.54 Å². The molecule has 0 saturated heterocycles. The first-order valence-electron chi connectivity index (χ1n) is 4.37. The number of benzene rings is 1. The molecule has 0 aliphatic carbocycles. The third-order valence-electron chi connectivity index (χ3n) is 2.15. The van der Waals surface area contributed by atoms with E-state index in [0.717, 1.165) is 11.0 Å². The summed E-state index contributed by atoms with van der Waals surface area (Å²) in [6, 6.07) is 9.80. The van der Waals surface area contributed by atoms with E-state index in [1.54, 1.807) is 4.68 Å². The molecule has 0 unspecified atom stereocenters. The lowest BCUT2D eigenvalue weighted by Gasteiger charge is -2.15. The van der Waals surface area contributed by atoms with E-state index in [0.29, 0.717) is 0 Å². The minimum absolute atomic E-state index is 0.657. The van der Waals surface area contributed by atoms with Gasteiger partial charge in [-0.1, -0.05) is 17.3 Å². The molecule has 2 rings (SSSR count). The van der Waals surface area contributed by atoms with Crippen molar-refractivity contribution in [2.45, 2.75) is 19.4 Å². The standard InChI is InChI=1S/C10H10N4/c1-10(2,7-11)14-9-6-4-3-5-8(9)12-13-14/h3-6H,1-2H3. The molecule has 1 heterocycles. The number of nitrogens with zero attached hydrogens (tertiary/aromatic N) is 4. The van der Waals surface area contributed by atoms with E-state index >= 15 is 0 Å². The molecule has 0 bridgehead atoms. The summed E-state index contributed by atoms with van der Waals surface area (Å²) in [6.07, 6.45) is 0. The zero-order chi connectivity index (χ0) is 10.2. The van der Waals surface area contributed by atoms with Gasteiger partial charge < -0.3 is 0 Å². The zero-order valence-electron chi connectivity index (χ0n) is 8.10.